The Morgan fingerprint density at radius 1 is 0.800 bits per heavy atom. The van der Waals surface area contributed by atoms with Crippen molar-refractivity contribution in [2.24, 2.45) is 0 Å². The molecule has 3 N–H and O–H groups in total. The third-order valence-corrected chi connectivity index (χ3v) is 7.29. The number of benzene rings is 2. The zero-order valence-electron chi connectivity index (χ0n) is 20.8. The lowest BCUT2D eigenvalue weighted by molar-refractivity contribution is 0.541. The van der Waals surface area contributed by atoms with Gasteiger partial charge in [-0.25, -0.2) is 4.98 Å². The molecule has 5 nitrogen and oxygen atoms in total. The lowest BCUT2D eigenvalue weighted by Crippen LogP contribution is -2.17. The molecule has 182 valence electrons. The fraction of sp³-hybridized carbons (Fsp3) is 0.400. The van der Waals surface area contributed by atoms with Crippen molar-refractivity contribution in [2.45, 2.75) is 77.7 Å². The molecule has 0 aliphatic heterocycles. The van der Waals surface area contributed by atoms with Crippen molar-refractivity contribution in [3.63, 3.8) is 0 Å². The summed E-state index contributed by atoms with van der Waals surface area (Å²) in [6.45, 7) is 3.06. The second kappa shape index (κ2) is 10.5. The van der Waals surface area contributed by atoms with Crippen LogP contribution in [0.2, 0.25) is 0 Å². The number of rotatable bonds is 11. The number of H-pyrrole nitrogens is 1. The first kappa shape index (κ1) is 23.4. The predicted molar refractivity (Wildman–Crippen MR) is 149 cm³/mol. The van der Waals surface area contributed by atoms with Gasteiger partial charge in [0.15, 0.2) is 0 Å². The standard InChI is InChI=1S/C30H36N4O/c1-2-3-4-5-6-7-8-9-10-13-16-34-27-20-25-22(17-21-14-11-12-15-24(21)25)18-23(27)19-26-28(34)29(35)33-30(31)32-26/h11-12,14-15,17-20H,2-10,13,16H2,1H3,(H3,31,32,33,35). The van der Waals surface area contributed by atoms with Crippen molar-refractivity contribution in [2.75, 3.05) is 5.73 Å². The molecule has 0 radical (unpaired) electrons. The van der Waals surface area contributed by atoms with Gasteiger partial charge in [0, 0.05) is 17.4 Å². The molecular weight excluding hydrogens is 432 g/mol. The number of aromatic nitrogens is 3. The number of fused-ring (bicyclic) bond motifs is 5. The zero-order valence-corrected chi connectivity index (χ0v) is 20.8. The number of anilines is 1. The average Bonchev–Trinajstić information content (AvgIpc) is 3.20. The summed E-state index contributed by atoms with van der Waals surface area (Å²) < 4.78 is 2.17. The Labute approximate surface area is 206 Å². The first-order valence-electron chi connectivity index (χ1n) is 13.3. The molecule has 0 spiro atoms. The maximum absolute atomic E-state index is 13.0. The molecule has 5 aromatic rings. The van der Waals surface area contributed by atoms with Crippen LogP contribution in [0.3, 0.4) is 0 Å². The zero-order chi connectivity index (χ0) is 24.2. The summed E-state index contributed by atoms with van der Waals surface area (Å²) in [6.07, 6.45) is 12.9. The van der Waals surface area contributed by atoms with Gasteiger partial charge < -0.3 is 10.3 Å². The molecule has 5 rings (SSSR count). The van der Waals surface area contributed by atoms with E-state index >= 15 is 0 Å². The van der Waals surface area contributed by atoms with Gasteiger partial charge >= 0.3 is 0 Å². The van der Waals surface area contributed by atoms with E-state index in [4.69, 9.17) is 5.73 Å². The highest BCUT2D eigenvalue weighted by molar-refractivity contribution is 6.16. The topological polar surface area (TPSA) is 76.7 Å². The Kier molecular flexibility index (Phi) is 7.03. The van der Waals surface area contributed by atoms with Crippen molar-refractivity contribution in [3.05, 3.63) is 58.9 Å². The molecule has 0 fully saturated rings. The second-order valence-electron chi connectivity index (χ2n) is 9.89. The average molecular weight is 469 g/mol. The van der Waals surface area contributed by atoms with Crippen LogP contribution in [0, 0.1) is 0 Å². The first-order valence-corrected chi connectivity index (χ1v) is 13.3. The normalized spacial score (nSPS) is 11.9. The molecule has 0 atom stereocenters. The van der Waals surface area contributed by atoms with Crippen LogP contribution in [-0.4, -0.2) is 14.5 Å². The van der Waals surface area contributed by atoms with Crippen molar-refractivity contribution >= 4 is 49.4 Å². The summed E-state index contributed by atoms with van der Waals surface area (Å²) >= 11 is 0. The minimum absolute atomic E-state index is 0.160. The molecule has 35 heavy (non-hydrogen) atoms. The number of aryl methyl sites for hydroxylation is 1. The Hall–Kier alpha value is -3.34. The van der Waals surface area contributed by atoms with Gasteiger partial charge in [-0.15, -0.1) is 0 Å². The van der Waals surface area contributed by atoms with Crippen LogP contribution in [0.1, 0.15) is 71.1 Å². The van der Waals surface area contributed by atoms with Crippen molar-refractivity contribution in [3.8, 4) is 0 Å². The van der Waals surface area contributed by atoms with Crippen LogP contribution < -0.4 is 11.3 Å². The van der Waals surface area contributed by atoms with Gasteiger partial charge in [-0.2, -0.15) is 0 Å². The van der Waals surface area contributed by atoms with Crippen LogP contribution in [0.15, 0.2) is 53.3 Å². The summed E-state index contributed by atoms with van der Waals surface area (Å²) in [6, 6.07) is 17.2. The SMILES string of the molecule is CCCCCCCCCCCCn1c2cc3c(cc4ccccc43)cc2cc2nc(N)[nH]c(=O)c21. The van der Waals surface area contributed by atoms with Crippen LogP contribution in [-0.2, 0) is 6.54 Å². The highest BCUT2D eigenvalue weighted by atomic mass is 16.1. The summed E-state index contributed by atoms with van der Waals surface area (Å²) in [5, 5.41) is 6.01. The molecule has 0 amide bonds. The Morgan fingerprint density at radius 2 is 1.49 bits per heavy atom. The van der Waals surface area contributed by atoms with Gasteiger partial charge in [0.1, 0.15) is 5.52 Å². The molecule has 3 aromatic carbocycles. The predicted octanol–water partition coefficient (Wildman–Crippen LogP) is 7.69. The maximum atomic E-state index is 13.0. The highest BCUT2D eigenvalue weighted by Crippen LogP contribution is 2.33. The molecule has 0 aliphatic rings. The molecule has 0 saturated carbocycles. The third kappa shape index (κ3) is 4.90. The smallest absolute Gasteiger partial charge is 0.276 e. The molecule has 0 saturated heterocycles. The number of hydrogen-bond donors (Lipinski definition) is 2. The fourth-order valence-corrected chi connectivity index (χ4v) is 5.48. The first-order chi connectivity index (χ1) is 17.2. The lowest BCUT2D eigenvalue weighted by Gasteiger charge is -2.15. The highest BCUT2D eigenvalue weighted by Gasteiger charge is 2.13. The van der Waals surface area contributed by atoms with Gasteiger partial charge in [-0.05, 0) is 52.2 Å². The summed E-state index contributed by atoms with van der Waals surface area (Å²) in [7, 11) is 0. The number of nitrogens with one attached hydrogen (secondary N) is 1. The number of unbranched alkanes of at least 4 members (excludes halogenated alkanes) is 9. The Balaban J connectivity index is 1.43. The molecule has 0 bridgehead atoms. The van der Waals surface area contributed by atoms with E-state index in [0.29, 0.717) is 11.0 Å². The van der Waals surface area contributed by atoms with E-state index < -0.39 is 0 Å². The van der Waals surface area contributed by atoms with E-state index in [1.807, 2.05) is 6.07 Å². The maximum Gasteiger partial charge on any atom is 0.276 e. The summed E-state index contributed by atoms with van der Waals surface area (Å²) in [5.41, 5.74) is 8.06. The van der Waals surface area contributed by atoms with E-state index in [-0.39, 0.29) is 11.5 Å². The Bertz CT molecular complexity index is 1530. The molecular formula is C30H36N4O. The number of nitrogen functional groups attached to an aromatic ring is 1. The quantitative estimate of drug-likeness (QED) is 0.154. The number of nitrogens with zero attached hydrogens (tertiary/aromatic N) is 2. The molecule has 5 heteroatoms. The van der Waals surface area contributed by atoms with Crippen molar-refractivity contribution in [1.29, 1.82) is 0 Å². The van der Waals surface area contributed by atoms with Gasteiger partial charge in [0.2, 0.25) is 5.95 Å². The van der Waals surface area contributed by atoms with Crippen LogP contribution in [0.25, 0.3) is 43.5 Å². The molecule has 2 aromatic heterocycles. The molecule has 0 aliphatic carbocycles. The molecule has 0 unspecified atom stereocenters. The van der Waals surface area contributed by atoms with E-state index in [9.17, 15) is 4.79 Å². The second-order valence-corrected chi connectivity index (χ2v) is 9.89. The van der Waals surface area contributed by atoms with E-state index in [1.54, 1.807) is 0 Å². The van der Waals surface area contributed by atoms with Crippen molar-refractivity contribution in [1.82, 2.24) is 14.5 Å². The van der Waals surface area contributed by atoms with Crippen LogP contribution in [0.4, 0.5) is 5.95 Å². The number of nitrogens with two attached hydrogens (primary N) is 1. The van der Waals surface area contributed by atoms with Crippen molar-refractivity contribution < 1.29 is 0 Å². The number of hydrogen-bond acceptors (Lipinski definition) is 3. The minimum atomic E-state index is -0.172. The summed E-state index contributed by atoms with van der Waals surface area (Å²) in [5.74, 6) is 0.160. The minimum Gasteiger partial charge on any atom is -0.369 e. The lowest BCUT2D eigenvalue weighted by atomic mass is 10.1. The van der Waals surface area contributed by atoms with E-state index in [2.05, 4.69) is 63.9 Å². The van der Waals surface area contributed by atoms with E-state index in [1.165, 1.54) is 79.3 Å². The van der Waals surface area contributed by atoms with Gasteiger partial charge in [-0.3, -0.25) is 9.78 Å². The fourth-order valence-electron chi connectivity index (χ4n) is 5.48. The van der Waals surface area contributed by atoms with Crippen LogP contribution >= 0.6 is 0 Å². The Morgan fingerprint density at radius 3 is 2.26 bits per heavy atom. The largest absolute Gasteiger partial charge is 0.369 e. The van der Waals surface area contributed by atoms with Crippen LogP contribution in [0.5, 0.6) is 0 Å². The van der Waals surface area contributed by atoms with E-state index in [0.717, 1.165) is 23.9 Å². The van der Waals surface area contributed by atoms with Gasteiger partial charge in [0.05, 0.1) is 5.52 Å². The monoisotopic (exact) mass is 468 g/mol. The number of pyridine rings is 1. The molecule has 2 heterocycles. The van der Waals surface area contributed by atoms with Gasteiger partial charge in [-0.1, -0.05) is 89.0 Å². The van der Waals surface area contributed by atoms with Gasteiger partial charge in [0.25, 0.3) is 5.56 Å². The summed E-state index contributed by atoms with van der Waals surface area (Å²) in [4.78, 5) is 20.2. The number of aromatic amines is 1. The third-order valence-electron chi connectivity index (χ3n) is 7.29.